The molecule has 0 aliphatic rings. The van der Waals surface area contributed by atoms with Crippen LogP contribution in [0.1, 0.15) is 15.9 Å². The van der Waals surface area contributed by atoms with E-state index >= 15 is 0 Å². The fourth-order valence-corrected chi connectivity index (χ4v) is 2.37. The highest BCUT2D eigenvalue weighted by Crippen LogP contribution is 2.39. The maximum Gasteiger partial charge on any atom is 0.203 e. The lowest BCUT2D eigenvalue weighted by molar-refractivity contribution is 0.103. The standard InChI is InChI=1S/C14H12Cl2N2O4/c1-20-8-4-7(5-9(21-2)12(8)22-3)11(19)10-13(15)17-6-18-14(10)16/h4-6H,1-3H3. The monoisotopic (exact) mass is 342 g/mol. The molecular formula is C14H12Cl2N2O4. The highest BCUT2D eigenvalue weighted by atomic mass is 35.5. The average molecular weight is 343 g/mol. The second kappa shape index (κ2) is 6.81. The minimum Gasteiger partial charge on any atom is -0.493 e. The molecule has 0 saturated carbocycles. The Bertz CT molecular complexity index is 677. The number of aromatic nitrogens is 2. The van der Waals surface area contributed by atoms with Gasteiger partial charge in [-0.1, -0.05) is 23.2 Å². The number of rotatable bonds is 5. The van der Waals surface area contributed by atoms with Gasteiger partial charge in [0, 0.05) is 5.56 Å². The zero-order chi connectivity index (χ0) is 16.3. The largest absolute Gasteiger partial charge is 0.493 e. The Kier molecular flexibility index (Phi) is 5.05. The van der Waals surface area contributed by atoms with E-state index in [0.717, 1.165) is 0 Å². The molecule has 1 aromatic heterocycles. The van der Waals surface area contributed by atoms with Crippen LogP contribution in [-0.2, 0) is 0 Å². The number of carbonyl (C=O) groups is 1. The number of ether oxygens (including phenoxy) is 3. The van der Waals surface area contributed by atoms with Crippen molar-refractivity contribution < 1.29 is 19.0 Å². The molecule has 1 aromatic carbocycles. The normalized spacial score (nSPS) is 10.2. The van der Waals surface area contributed by atoms with Gasteiger partial charge in [-0.15, -0.1) is 0 Å². The number of benzene rings is 1. The first-order valence-corrected chi connectivity index (χ1v) is 6.79. The average Bonchev–Trinajstić information content (AvgIpc) is 2.52. The Balaban J connectivity index is 2.60. The van der Waals surface area contributed by atoms with Crippen molar-refractivity contribution in [3.8, 4) is 17.2 Å². The van der Waals surface area contributed by atoms with Crippen molar-refractivity contribution in [2.45, 2.75) is 0 Å². The van der Waals surface area contributed by atoms with E-state index in [4.69, 9.17) is 37.4 Å². The van der Waals surface area contributed by atoms with Gasteiger partial charge in [-0.2, -0.15) is 0 Å². The molecule has 0 bridgehead atoms. The smallest absolute Gasteiger partial charge is 0.203 e. The van der Waals surface area contributed by atoms with Crippen LogP contribution in [0.25, 0.3) is 0 Å². The fraction of sp³-hybridized carbons (Fsp3) is 0.214. The zero-order valence-electron chi connectivity index (χ0n) is 12.0. The van der Waals surface area contributed by atoms with E-state index in [9.17, 15) is 4.79 Å². The molecule has 1 heterocycles. The summed E-state index contributed by atoms with van der Waals surface area (Å²) in [4.78, 5) is 20.2. The first kappa shape index (κ1) is 16.3. The van der Waals surface area contributed by atoms with Crippen molar-refractivity contribution in [3.63, 3.8) is 0 Å². The van der Waals surface area contributed by atoms with Gasteiger partial charge in [0.25, 0.3) is 0 Å². The van der Waals surface area contributed by atoms with Crippen LogP contribution in [0.3, 0.4) is 0 Å². The van der Waals surface area contributed by atoms with Crippen LogP contribution >= 0.6 is 23.2 Å². The minimum absolute atomic E-state index is 0.0140. The van der Waals surface area contributed by atoms with Crippen LogP contribution in [-0.4, -0.2) is 37.1 Å². The van der Waals surface area contributed by atoms with Gasteiger partial charge in [0.1, 0.15) is 16.6 Å². The third kappa shape index (κ3) is 2.93. The summed E-state index contributed by atoms with van der Waals surface area (Å²) in [5.74, 6) is 0.612. The van der Waals surface area contributed by atoms with Crippen LogP contribution < -0.4 is 14.2 Å². The molecule has 0 aliphatic carbocycles. The number of ketones is 1. The summed E-state index contributed by atoms with van der Waals surface area (Å²) < 4.78 is 15.6. The van der Waals surface area contributed by atoms with Gasteiger partial charge in [-0.05, 0) is 12.1 Å². The van der Waals surface area contributed by atoms with Crippen LogP contribution in [0.15, 0.2) is 18.5 Å². The molecule has 2 rings (SSSR count). The Morgan fingerprint density at radius 1 is 0.955 bits per heavy atom. The molecule has 0 radical (unpaired) electrons. The predicted octanol–water partition coefficient (Wildman–Crippen LogP) is 3.04. The third-order valence-electron chi connectivity index (χ3n) is 2.91. The molecule has 0 saturated heterocycles. The van der Waals surface area contributed by atoms with E-state index in [-0.39, 0.29) is 21.4 Å². The lowest BCUT2D eigenvalue weighted by atomic mass is 10.0. The zero-order valence-corrected chi connectivity index (χ0v) is 13.5. The first-order valence-electron chi connectivity index (χ1n) is 6.04. The van der Waals surface area contributed by atoms with E-state index in [1.165, 1.54) is 39.8 Å². The molecule has 0 amide bonds. The predicted molar refractivity (Wildman–Crippen MR) is 81.6 cm³/mol. The number of methoxy groups -OCH3 is 3. The molecule has 2 aromatic rings. The minimum atomic E-state index is -0.449. The highest BCUT2D eigenvalue weighted by Gasteiger charge is 2.22. The van der Waals surface area contributed by atoms with E-state index in [0.29, 0.717) is 17.2 Å². The quantitative estimate of drug-likeness (QED) is 0.614. The van der Waals surface area contributed by atoms with Gasteiger partial charge in [0.05, 0.1) is 26.9 Å². The van der Waals surface area contributed by atoms with Gasteiger partial charge in [-0.3, -0.25) is 4.79 Å². The first-order chi connectivity index (χ1) is 10.5. The molecule has 0 atom stereocenters. The van der Waals surface area contributed by atoms with Crippen LogP contribution in [0, 0.1) is 0 Å². The number of hydrogen-bond acceptors (Lipinski definition) is 6. The SMILES string of the molecule is COc1cc(C(=O)c2c(Cl)ncnc2Cl)cc(OC)c1OC. The second-order valence-electron chi connectivity index (χ2n) is 4.07. The van der Waals surface area contributed by atoms with Gasteiger partial charge < -0.3 is 14.2 Å². The van der Waals surface area contributed by atoms with Gasteiger partial charge in [-0.25, -0.2) is 9.97 Å². The molecule has 0 aliphatic heterocycles. The Morgan fingerprint density at radius 2 is 1.45 bits per heavy atom. The summed E-state index contributed by atoms with van der Waals surface area (Å²) in [6.45, 7) is 0. The van der Waals surface area contributed by atoms with Crippen molar-refractivity contribution in [2.24, 2.45) is 0 Å². The Labute approximate surface area is 136 Å². The lowest BCUT2D eigenvalue weighted by Crippen LogP contribution is -2.07. The summed E-state index contributed by atoms with van der Waals surface area (Å²) >= 11 is 11.9. The van der Waals surface area contributed by atoms with Crippen molar-refractivity contribution >= 4 is 29.0 Å². The van der Waals surface area contributed by atoms with E-state index in [1.807, 2.05) is 0 Å². The summed E-state index contributed by atoms with van der Waals surface area (Å²) in [7, 11) is 4.38. The van der Waals surface area contributed by atoms with Crippen molar-refractivity contribution in [3.05, 3.63) is 39.9 Å². The number of nitrogens with zero attached hydrogens (tertiary/aromatic N) is 2. The third-order valence-corrected chi connectivity index (χ3v) is 3.48. The van der Waals surface area contributed by atoms with Crippen LogP contribution in [0.5, 0.6) is 17.2 Å². The topological polar surface area (TPSA) is 70.5 Å². The molecule has 116 valence electrons. The van der Waals surface area contributed by atoms with Crippen molar-refractivity contribution in [1.29, 1.82) is 0 Å². The molecule has 0 unspecified atom stereocenters. The molecule has 8 heteroatoms. The fourth-order valence-electron chi connectivity index (χ4n) is 1.89. The Morgan fingerprint density at radius 3 is 1.86 bits per heavy atom. The number of halogens is 2. The van der Waals surface area contributed by atoms with Crippen molar-refractivity contribution in [1.82, 2.24) is 9.97 Å². The summed E-state index contributed by atoms with van der Waals surface area (Å²) in [6.07, 6.45) is 1.18. The molecule has 0 N–H and O–H groups in total. The molecule has 0 fully saturated rings. The van der Waals surface area contributed by atoms with E-state index in [1.54, 1.807) is 0 Å². The molecule has 6 nitrogen and oxygen atoms in total. The number of carbonyl (C=O) groups excluding carboxylic acids is 1. The molecule has 0 spiro atoms. The molecule has 22 heavy (non-hydrogen) atoms. The van der Waals surface area contributed by atoms with Crippen LogP contribution in [0.4, 0.5) is 0 Å². The molecular weight excluding hydrogens is 331 g/mol. The van der Waals surface area contributed by atoms with E-state index < -0.39 is 5.78 Å². The van der Waals surface area contributed by atoms with Gasteiger partial charge >= 0.3 is 0 Å². The summed E-state index contributed by atoms with van der Waals surface area (Å²) in [5, 5.41) is -0.0579. The highest BCUT2D eigenvalue weighted by molar-refractivity contribution is 6.39. The van der Waals surface area contributed by atoms with Gasteiger partial charge in [0.2, 0.25) is 5.75 Å². The second-order valence-corrected chi connectivity index (χ2v) is 4.79. The maximum atomic E-state index is 12.6. The summed E-state index contributed by atoms with van der Waals surface area (Å²) in [6, 6.07) is 3.01. The van der Waals surface area contributed by atoms with E-state index in [2.05, 4.69) is 9.97 Å². The van der Waals surface area contributed by atoms with Crippen LogP contribution in [0.2, 0.25) is 10.3 Å². The maximum absolute atomic E-state index is 12.6. The van der Waals surface area contributed by atoms with Gasteiger partial charge in [0.15, 0.2) is 17.3 Å². The lowest BCUT2D eigenvalue weighted by Gasteiger charge is -2.14. The summed E-state index contributed by atoms with van der Waals surface area (Å²) in [5.41, 5.74) is 0.271. The Hall–Kier alpha value is -2.05. The number of hydrogen-bond donors (Lipinski definition) is 0. The van der Waals surface area contributed by atoms with Crippen molar-refractivity contribution in [2.75, 3.05) is 21.3 Å².